The van der Waals surface area contributed by atoms with Crippen molar-refractivity contribution in [2.75, 3.05) is 26.7 Å². The second-order valence-electron chi connectivity index (χ2n) is 8.73. The molecule has 1 fully saturated rings. The van der Waals surface area contributed by atoms with E-state index in [1.807, 2.05) is 25.1 Å². The molecule has 1 aromatic carbocycles. The molecule has 5 rings (SSSR count). The third-order valence-electron chi connectivity index (χ3n) is 7.23. The topological polar surface area (TPSA) is 72.8 Å². The summed E-state index contributed by atoms with van der Waals surface area (Å²) >= 11 is 0. The molecule has 4 heterocycles. The molecule has 7 heteroatoms. The van der Waals surface area contributed by atoms with Crippen molar-refractivity contribution in [2.24, 2.45) is 11.8 Å². The van der Waals surface area contributed by atoms with Crippen molar-refractivity contribution in [3.05, 3.63) is 47.4 Å². The van der Waals surface area contributed by atoms with E-state index in [0.717, 1.165) is 48.1 Å². The van der Waals surface area contributed by atoms with Crippen LogP contribution in [0.25, 0.3) is 10.9 Å². The van der Waals surface area contributed by atoms with Crippen LogP contribution in [0.3, 0.4) is 0 Å². The van der Waals surface area contributed by atoms with Crippen LogP contribution in [-0.2, 0) is 20.7 Å². The van der Waals surface area contributed by atoms with Crippen LogP contribution in [0.2, 0.25) is 0 Å². The number of fused-ring (bicyclic) bond motifs is 6. The summed E-state index contributed by atoms with van der Waals surface area (Å²) in [7, 11) is 1.43. The van der Waals surface area contributed by atoms with Crippen LogP contribution >= 0.6 is 0 Å². The number of rotatable bonds is 2. The fourth-order valence-corrected chi connectivity index (χ4v) is 5.79. The average Bonchev–Trinajstić information content (AvgIpc) is 3.13. The molecular formula is C24H29N3O4. The summed E-state index contributed by atoms with van der Waals surface area (Å²) in [5.41, 5.74) is 3.86. The van der Waals surface area contributed by atoms with E-state index >= 15 is 0 Å². The Morgan fingerprint density at radius 3 is 2.87 bits per heavy atom. The third kappa shape index (κ3) is 3.05. The molecule has 1 amide bonds. The van der Waals surface area contributed by atoms with Crippen molar-refractivity contribution < 1.29 is 19.1 Å². The molecule has 3 aliphatic rings. The first-order valence-corrected chi connectivity index (χ1v) is 11.1. The van der Waals surface area contributed by atoms with Gasteiger partial charge < -0.3 is 14.8 Å². The lowest BCUT2D eigenvalue weighted by Gasteiger charge is -2.49. The van der Waals surface area contributed by atoms with Gasteiger partial charge in [-0.05, 0) is 38.3 Å². The van der Waals surface area contributed by atoms with E-state index in [-0.39, 0.29) is 36.0 Å². The number of hydrogen-bond donors (Lipinski definition) is 1. The molecule has 7 nitrogen and oxygen atoms in total. The van der Waals surface area contributed by atoms with E-state index in [1.54, 1.807) is 10.8 Å². The van der Waals surface area contributed by atoms with Crippen molar-refractivity contribution in [3.63, 3.8) is 0 Å². The van der Waals surface area contributed by atoms with Crippen LogP contribution in [0, 0.1) is 11.8 Å². The maximum atomic E-state index is 12.9. The summed E-state index contributed by atoms with van der Waals surface area (Å²) in [5.74, 6) is 0.283. The molecule has 0 unspecified atom stereocenters. The second kappa shape index (κ2) is 7.71. The molecule has 1 aromatic heterocycles. The number of ether oxygens (including phenoxy) is 2. The molecule has 3 aliphatic heterocycles. The quantitative estimate of drug-likeness (QED) is 0.803. The molecule has 31 heavy (non-hydrogen) atoms. The van der Waals surface area contributed by atoms with Crippen molar-refractivity contribution in [2.45, 2.75) is 38.8 Å². The van der Waals surface area contributed by atoms with Gasteiger partial charge in [-0.2, -0.15) is 0 Å². The summed E-state index contributed by atoms with van der Waals surface area (Å²) < 4.78 is 12.8. The number of aromatic nitrogens is 1. The lowest BCUT2D eigenvalue weighted by atomic mass is 9.72. The molecular weight excluding hydrogens is 394 g/mol. The van der Waals surface area contributed by atoms with E-state index in [1.165, 1.54) is 12.7 Å². The predicted octanol–water partition coefficient (Wildman–Crippen LogP) is 3.23. The first kappa shape index (κ1) is 20.1. The number of para-hydroxylation sites is 1. The van der Waals surface area contributed by atoms with Crippen LogP contribution in [0.4, 0.5) is 4.79 Å². The van der Waals surface area contributed by atoms with E-state index in [4.69, 9.17) is 9.47 Å². The number of piperidine rings is 1. The number of nitrogens with one attached hydrogen (secondary N) is 1. The smallest absolute Gasteiger partial charge is 0.418 e. The summed E-state index contributed by atoms with van der Waals surface area (Å²) in [6, 6.07) is 8.10. The zero-order valence-corrected chi connectivity index (χ0v) is 18.3. The van der Waals surface area contributed by atoms with Crippen LogP contribution in [0.15, 0.2) is 36.1 Å². The van der Waals surface area contributed by atoms with Crippen molar-refractivity contribution in [3.8, 4) is 0 Å². The Hall–Kier alpha value is -2.80. The third-order valence-corrected chi connectivity index (χ3v) is 7.23. The summed E-state index contributed by atoms with van der Waals surface area (Å²) in [4.78, 5) is 28.1. The Kier molecular flexibility index (Phi) is 5.01. The Morgan fingerprint density at radius 2 is 2.10 bits per heavy atom. The first-order chi connectivity index (χ1) is 15.0. The normalized spacial score (nSPS) is 27.4. The van der Waals surface area contributed by atoms with Gasteiger partial charge in [0.15, 0.2) is 0 Å². The first-order valence-electron chi connectivity index (χ1n) is 11.1. The second-order valence-corrected chi connectivity index (χ2v) is 8.73. The Balaban J connectivity index is 1.61. The van der Waals surface area contributed by atoms with Crippen molar-refractivity contribution >= 4 is 22.9 Å². The van der Waals surface area contributed by atoms with Crippen LogP contribution in [0.5, 0.6) is 0 Å². The number of nitrogens with zero attached hydrogens (tertiary/aromatic N) is 2. The predicted molar refractivity (Wildman–Crippen MR) is 117 cm³/mol. The van der Waals surface area contributed by atoms with Crippen molar-refractivity contribution in [1.82, 2.24) is 14.8 Å². The summed E-state index contributed by atoms with van der Waals surface area (Å²) in [6.07, 6.45) is 3.02. The van der Waals surface area contributed by atoms with Gasteiger partial charge in [0.2, 0.25) is 0 Å². The average molecular weight is 424 g/mol. The van der Waals surface area contributed by atoms with Gasteiger partial charge in [-0.15, -0.1) is 0 Å². The molecule has 1 saturated heterocycles. The van der Waals surface area contributed by atoms with Gasteiger partial charge in [0.05, 0.1) is 42.3 Å². The number of methoxy groups -OCH3 is 1. The molecule has 0 saturated carbocycles. The van der Waals surface area contributed by atoms with Gasteiger partial charge >= 0.3 is 6.09 Å². The zero-order valence-electron chi connectivity index (χ0n) is 18.3. The van der Waals surface area contributed by atoms with Gasteiger partial charge in [0, 0.05) is 36.9 Å². The number of carbonyl (C=O) groups excluding carboxylic acids is 2. The van der Waals surface area contributed by atoms with E-state index < -0.39 is 0 Å². The monoisotopic (exact) mass is 423 g/mol. The number of carbonyl (C=O) groups is 2. The zero-order chi connectivity index (χ0) is 21.7. The summed E-state index contributed by atoms with van der Waals surface area (Å²) in [6.45, 7) is 6.37. The van der Waals surface area contributed by atoms with Gasteiger partial charge in [-0.25, -0.2) is 9.36 Å². The van der Waals surface area contributed by atoms with Gasteiger partial charge in [0.1, 0.15) is 0 Å². The maximum absolute atomic E-state index is 12.9. The number of likely N-dealkylation sites (N-methyl/N-ethyl adjacent to an activating group) is 1. The highest BCUT2D eigenvalue weighted by molar-refractivity contribution is 5.95. The van der Waals surface area contributed by atoms with Crippen LogP contribution in [0.1, 0.15) is 37.6 Å². The number of amides is 1. The largest absolute Gasteiger partial charge is 0.497 e. The van der Waals surface area contributed by atoms with E-state index in [9.17, 15) is 9.59 Å². The molecule has 164 valence electrons. The minimum absolute atomic E-state index is 0.0528. The fourth-order valence-electron chi connectivity index (χ4n) is 5.79. The maximum Gasteiger partial charge on any atom is 0.418 e. The van der Waals surface area contributed by atoms with Gasteiger partial charge in [-0.3, -0.25) is 9.69 Å². The standard InChI is InChI=1S/C24H29N3O4/c1-4-25-23(28)19-13-31-14(2)18-12-26-10-9-16-15-7-5-6-8-20(15)27(24(29)30-3)22(16)21(26)11-17(18)19/h5-8,13-14,17-18,21H,4,9-12H2,1-3H3,(H,25,28)/t14-,17-,18+,21-/m0/s1. The molecule has 2 aromatic rings. The SMILES string of the molecule is CCNC(=O)C1=CO[C@@H](C)[C@H]2CN3CCc4c(n(C(=O)OC)c5ccccc45)[C@@H]3C[C@H]12. The highest BCUT2D eigenvalue weighted by atomic mass is 16.5. The lowest BCUT2D eigenvalue weighted by Crippen LogP contribution is -2.52. The minimum atomic E-state index is -0.360. The molecule has 0 bridgehead atoms. The van der Waals surface area contributed by atoms with Gasteiger partial charge in [0.25, 0.3) is 5.91 Å². The summed E-state index contributed by atoms with van der Waals surface area (Å²) in [5, 5.41) is 4.05. The van der Waals surface area contributed by atoms with Crippen LogP contribution < -0.4 is 5.32 Å². The van der Waals surface area contributed by atoms with Gasteiger partial charge in [-0.1, -0.05) is 18.2 Å². The number of hydrogen-bond acceptors (Lipinski definition) is 5. The Bertz CT molecular complexity index is 1070. The fraction of sp³-hybridized carbons (Fsp3) is 0.500. The molecule has 4 atom stereocenters. The highest BCUT2D eigenvalue weighted by Gasteiger charge is 2.47. The minimum Gasteiger partial charge on any atom is -0.497 e. The van der Waals surface area contributed by atoms with Crippen LogP contribution in [-0.4, -0.2) is 54.3 Å². The van der Waals surface area contributed by atoms with E-state index in [0.29, 0.717) is 6.54 Å². The van der Waals surface area contributed by atoms with Crippen molar-refractivity contribution in [1.29, 1.82) is 0 Å². The van der Waals surface area contributed by atoms with E-state index in [2.05, 4.69) is 23.2 Å². The molecule has 1 N–H and O–H groups in total. The molecule has 0 radical (unpaired) electrons. The Labute approximate surface area is 182 Å². The lowest BCUT2D eigenvalue weighted by molar-refractivity contribution is -0.120. The molecule has 0 aliphatic carbocycles. The Morgan fingerprint density at radius 1 is 1.29 bits per heavy atom. The molecule has 0 spiro atoms. The number of benzene rings is 1. The highest BCUT2D eigenvalue weighted by Crippen LogP contribution is 2.48.